The number of halogens is 1. The van der Waals surface area contributed by atoms with Crippen LogP contribution in [0, 0.1) is 5.82 Å². The molecule has 1 heterocycles. The number of nitrogens with one attached hydrogen (secondary N) is 1. The van der Waals surface area contributed by atoms with Crippen molar-refractivity contribution in [2.24, 2.45) is 5.73 Å². The van der Waals surface area contributed by atoms with Crippen LogP contribution in [0.1, 0.15) is 18.4 Å². The van der Waals surface area contributed by atoms with E-state index >= 15 is 0 Å². The Labute approximate surface area is 112 Å². The summed E-state index contributed by atoms with van der Waals surface area (Å²) in [6.45, 7) is 0.921. The van der Waals surface area contributed by atoms with Crippen LogP contribution in [0.4, 0.5) is 10.1 Å². The van der Waals surface area contributed by atoms with Gasteiger partial charge in [0, 0.05) is 31.0 Å². The fourth-order valence-electron chi connectivity index (χ4n) is 2.03. The quantitative estimate of drug-likeness (QED) is 0.872. The van der Waals surface area contributed by atoms with Gasteiger partial charge in [-0.3, -0.25) is 4.72 Å². The van der Waals surface area contributed by atoms with E-state index in [1.807, 2.05) is 0 Å². The van der Waals surface area contributed by atoms with Crippen LogP contribution in [0.5, 0.6) is 0 Å². The molecule has 0 saturated carbocycles. The van der Waals surface area contributed by atoms with Crippen molar-refractivity contribution in [3.63, 3.8) is 0 Å². The van der Waals surface area contributed by atoms with Crippen molar-refractivity contribution in [2.45, 2.75) is 24.6 Å². The molecule has 5 nitrogen and oxygen atoms in total. The molecular weight excluding hydrogens is 271 g/mol. The lowest BCUT2D eigenvalue weighted by Gasteiger charge is -2.22. The summed E-state index contributed by atoms with van der Waals surface area (Å²) in [6.07, 6.45) is 0.945. The van der Waals surface area contributed by atoms with E-state index in [1.165, 1.54) is 18.2 Å². The third kappa shape index (κ3) is 3.43. The van der Waals surface area contributed by atoms with Gasteiger partial charge < -0.3 is 10.5 Å². The number of nitrogens with two attached hydrogens (primary N) is 1. The molecule has 0 aliphatic carbocycles. The molecule has 0 bridgehead atoms. The molecule has 3 N–H and O–H groups in total. The Kier molecular flexibility index (Phi) is 4.38. The van der Waals surface area contributed by atoms with Gasteiger partial charge in [-0.1, -0.05) is 0 Å². The molecule has 0 atom stereocenters. The van der Waals surface area contributed by atoms with Crippen LogP contribution in [0.3, 0.4) is 0 Å². The van der Waals surface area contributed by atoms with Gasteiger partial charge in [-0.05, 0) is 31.0 Å². The molecule has 1 aliphatic heterocycles. The summed E-state index contributed by atoms with van der Waals surface area (Å²) in [5, 5.41) is -0.465. The van der Waals surface area contributed by atoms with E-state index in [0.717, 1.165) is 0 Å². The minimum absolute atomic E-state index is 0.0265. The molecule has 0 unspecified atom stereocenters. The van der Waals surface area contributed by atoms with Crippen LogP contribution in [0.25, 0.3) is 0 Å². The molecule has 0 amide bonds. The van der Waals surface area contributed by atoms with E-state index in [9.17, 15) is 12.8 Å². The second-order valence-electron chi connectivity index (χ2n) is 4.47. The zero-order chi connectivity index (χ0) is 13.9. The first-order valence-corrected chi connectivity index (χ1v) is 7.65. The molecular formula is C12H17FN2O3S. The lowest BCUT2D eigenvalue weighted by Crippen LogP contribution is -2.33. The van der Waals surface area contributed by atoms with E-state index < -0.39 is 21.1 Å². The highest BCUT2D eigenvalue weighted by molar-refractivity contribution is 7.93. The molecule has 106 valence electrons. The Morgan fingerprint density at radius 3 is 2.68 bits per heavy atom. The zero-order valence-corrected chi connectivity index (χ0v) is 11.2. The lowest BCUT2D eigenvalue weighted by atomic mass is 10.2. The van der Waals surface area contributed by atoms with Gasteiger partial charge in [0.2, 0.25) is 10.0 Å². The second kappa shape index (κ2) is 5.85. The standard InChI is InChI=1S/C12H17FN2O3S/c13-12-2-1-10(7-9(12)8-14)15-19(16,17)11-3-5-18-6-4-11/h1-2,7,11,15H,3-6,8,14H2. The topological polar surface area (TPSA) is 81.4 Å². The second-order valence-corrected chi connectivity index (χ2v) is 6.43. The fraction of sp³-hybridized carbons (Fsp3) is 0.500. The zero-order valence-electron chi connectivity index (χ0n) is 10.4. The van der Waals surface area contributed by atoms with E-state index in [0.29, 0.717) is 31.7 Å². The van der Waals surface area contributed by atoms with Gasteiger partial charge in [0.15, 0.2) is 0 Å². The minimum atomic E-state index is -3.47. The summed E-state index contributed by atoms with van der Waals surface area (Å²) < 4.78 is 45.2. The third-order valence-corrected chi connectivity index (χ3v) is 5.00. The first-order chi connectivity index (χ1) is 9.03. The SMILES string of the molecule is NCc1cc(NS(=O)(=O)C2CCOCC2)ccc1F. The van der Waals surface area contributed by atoms with E-state index in [4.69, 9.17) is 10.5 Å². The predicted molar refractivity (Wildman–Crippen MR) is 70.7 cm³/mol. The lowest BCUT2D eigenvalue weighted by molar-refractivity contribution is 0.0984. The Morgan fingerprint density at radius 1 is 1.37 bits per heavy atom. The van der Waals surface area contributed by atoms with Gasteiger partial charge in [0.25, 0.3) is 0 Å². The van der Waals surface area contributed by atoms with Crippen molar-refractivity contribution in [3.05, 3.63) is 29.6 Å². The average molecular weight is 288 g/mol. The molecule has 19 heavy (non-hydrogen) atoms. The summed E-state index contributed by atoms with van der Waals surface area (Å²) in [4.78, 5) is 0. The molecule has 1 aliphatic rings. The summed E-state index contributed by atoms with van der Waals surface area (Å²) in [7, 11) is -3.47. The number of hydrogen-bond acceptors (Lipinski definition) is 4. The maximum atomic E-state index is 13.3. The highest BCUT2D eigenvalue weighted by Crippen LogP contribution is 2.21. The van der Waals surface area contributed by atoms with Crippen molar-refractivity contribution in [3.8, 4) is 0 Å². The van der Waals surface area contributed by atoms with E-state index in [1.54, 1.807) is 0 Å². The van der Waals surface area contributed by atoms with Crippen molar-refractivity contribution in [1.82, 2.24) is 0 Å². The number of hydrogen-bond donors (Lipinski definition) is 2. The molecule has 7 heteroatoms. The van der Waals surface area contributed by atoms with Crippen LogP contribution >= 0.6 is 0 Å². The third-order valence-electron chi connectivity index (χ3n) is 3.13. The van der Waals surface area contributed by atoms with Crippen LogP contribution in [-0.2, 0) is 21.3 Å². The van der Waals surface area contributed by atoms with Crippen molar-refractivity contribution in [2.75, 3.05) is 17.9 Å². The summed E-state index contributed by atoms with van der Waals surface area (Å²) in [5.41, 5.74) is 6.02. The summed E-state index contributed by atoms with van der Waals surface area (Å²) in [6, 6.07) is 4.03. The van der Waals surface area contributed by atoms with Crippen molar-refractivity contribution >= 4 is 15.7 Å². The van der Waals surface area contributed by atoms with Crippen LogP contribution in [0.15, 0.2) is 18.2 Å². The van der Waals surface area contributed by atoms with E-state index in [-0.39, 0.29) is 12.1 Å². The van der Waals surface area contributed by atoms with Gasteiger partial charge in [-0.25, -0.2) is 12.8 Å². The summed E-state index contributed by atoms with van der Waals surface area (Å²) >= 11 is 0. The molecule has 0 spiro atoms. The first-order valence-electron chi connectivity index (χ1n) is 6.11. The maximum Gasteiger partial charge on any atom is 0.235 e. The number of benzene rings is 1. The van der Waals surface area contributed by atoms with Crippen LogP contribution < -0.4 is 10.5 Å². The molecule has 1 saturated heterocycles. The number of sulfonamides is 1. The predicted octanol–water partition coefficient (Wildman–Crippen LogP) is 1.21. The molecule has 0 radical (unpaired) electrons. The first kappa shape index (κ1) is 14.2. The van der Waals surface area contributed by atoms with Crippen LogP contribution in [-0.4, -0.2) is 26.9 Å². The molecule has 1 aromatic carbocycles. The Hall–Kier alpha value is -1.18. The van der Waals surface area contributed by atoms with Crippen LogP contribution in [0.2, 0.25) is 0 Å². The Morgan fingerprint density at radius 2 is 2.05 bits per heavy atom. The Balaban J connectivity index is 2.15. The maximum absolute atomic E-state index is 13.3. The Bertz CT molecular complexity index is 542. The molecule has 0 aromatic heterocycles. The van der Waals surface area contributed by atoms with E-state index in [2.05, 4.69) is 4.72 Å². The number of rotatable bonds is 4. The summed E-state index contributed by atoms with van der Waals surface area (Å²) in [5.74, 6) is -0.434. The van der Waals surface area contributed by atoms with Gasteiger partial charge in [0.05, 0.1) is 5.25 Å². The monoisotopic (exact) mass is 288 g/mol. The normalized spacial score (nSPS) is 17.4. The highest BCUT2D eigenvalue weighted by Gasteiger charge is 2.27. The average Bonchev–Trinajstić information content (AvgIpc) is 2.42. The molecule has 1 aromatic rings. The molecule has 1 fully saturated rings. The van der Waals surface area contributed by atoms with Gasteiger partial charge in [-0.15, -0.1) is 0 Å². The highest BCUT2D eigenvalue weighted by atomic mass is 32.2. The number of anilines is 1. The largest absolute Gasteiger partial charge is 0.381 e. The fourth-order valence-corrected chi connectivity index (χ4v) is 3.46. The minimum Gasteiger partial charge on any atom is -0.381 e. The number of ether oxygens (including phenoxy) is 1. The molecule has 2 rings (SSSR count). The van der Waals surface area contributed by atoms with Crippen molar-refractivity contribution in [1.29, 1.82) is 0 Å². The van der Waals surface area contributed by atoms with Gasteiger partial charge in [-0.2, -0.15) is 0 Å². The smallest absolute Gasteiger partial charge is 0.235 e. The van der Waals surface area contributed by atoms with Gasteiger partial charge in [0.1, 0.15) is 5.82 Å². The van der Waals surface area contributed by atoms with Crippen molar-refractivity contribution < 1.29 is 17.5 Å². The van der Waals surface area contributed by atoms with Gasteiger partial charge >= 0.3 is 0 Å².